The van der Waals surface area contributed by atoms with Crippen LogP contribution in [0.15, 0.2) is 59.1 Å². The first-order valence-electron chi connectivity index (χ1n) is 9.31. The summed E-state index contributed by atoms with van der Waals surface area (Å²) in [6.07, 6.45) is 4.95. The molecule has 2 N–H and O–H groups in total. The van der Waals surface area contributed by atoms with Crippen LogP contribution in [-0.2, 0) is 21.2 Å². The van der Waals surface area contributed by atoms with Crippen LogP contribution in [0.25, 0.3) is 11.3 Å². The largest absolute Gasteiger partial charge is 0.356 e. The zero-order valence-electron chi connectivity index (χ0n) is 16.0. The molecule has 30 heavy (non-hydrogen) atoms. The standard InChI is InChI=1S/C20H21FN4O3S2/c21-16-3-5-17(6-4-16)30(27,28)24-13-9-19(26)23-10-1-2-20-25-18(14-29-20)15-7-11-22-12-8-15/h3-8,11-12,14,24H,1-2,9-10,13H2,(H,23,26). The van der Waals surface area contributed by atoms with Gasteiger partial charge in [0.2, 0.25) is 15.9 Å². The first-order valence-corrected chi connectivity index (χ1v) is 11.7. The van der Waals surface area contributed by atoms with E-state index >= 15 is 0 Å². The number of carbonyl (C=O) groups excluding carboxylic acids is 1. The Morgan fingerprint density at radius 1 is 1.07 bits per heavy atom. The van der Waals surface area contributed by atoms with E-state index in [4.69, 9.17) is 0 Å². The maximum atomic E-state index is 12.9. The fraction of sp³-hybridized carbons (Fsp3) is 0.250. The third kappa shape index (κ3) is 6.41. The molecule has 3 aromatic rings. The number of hydrogen-bond acceptors (Lipinski definition) is 6. The highest BCUT2D eigenvalue weighted by molar-refractivity contribution is 7.89. The van der Waals surface area contributed by atoms with Gasteiger partial charge in [0.1, 0.15) is 5.82 Å². The Labute approximate surface area is 178 Å². The Kier molecular flexibility index (Phi) is 7.61. The van der Waals surface area contributed by atoms with Crippen LogP contribution >= 0.6 is 11.3 Å². The minimum atomic E-state index is -3.76. The van der Waals surface area contributed by atoms with E-state index in [1.54, 1.807) is 23.7 Å². The first kappa shape index (κ1) is 22.0. The van der Waals surface area contributed by atoms with Crippen molar-refractivity contribution in [3.05, 3.63) is 65.0 Å². The molecule has 0 aliphatic carbocycles. The molecule has 0 aliphatic rings. The Morgan fingerprint density at radius 3 is 2.53 bits per heavy atom. The molecule has 2 aromatic heterocycles. The highest BCUT2D eigenvalue weighted by Gasteiger charge is 2.14. The maximum Gasteiger partial charge on any atom is 0.240 e. The molecule has 0 saturated heterocycles. The quantitative estimate of drug-likeness (QED) is 0.465. The lowest BCUT2D eigenvalue weighted by Gasteiger charge is -2.07. The van der Waals surface area contributed by atoms with Crippen molar-refractivity contribution >= 4 is 27.3 Å². The zero-order chi connectivity index (χ0) is 21.4. The molecule has 0 radical (unpaired) electrons. The number of halogens is 1. The van der Waals surface area contributed by atoms with Gasteiger partial charge in [0.25, 0.3) is 0 Å². The van der Waals surface area contributed by atoms with Crippen molar-refractivity contribution in [3.8, 4) is 11.3 Å². The SMILES string of the molecule is O=C(CCNS(=O)(=O)c1ccc(F)cc1)NCCCc1nc(-c2ccncc2)cs1. The number of carbonyl (C=O) groups is 1. The summed E-state index contributed by atoms with van der Waals surface area (Å²) in [5, 5.41) is 5.76. The van der Waals surface area contributed by atoms with Crippen LogP contribution in [0.3, 0.4) is 0 Å². The van der Waals surface area contributed by atoms with Crippen LogP contribution < -0.4 is 10.0 Å². The van der Waals surface area contributed by atoms with Crippen LogP contribution in [0.5, 0.6) is 0 Å². The van der Waals surface area contributed by atoms with E-state index in [9.17, 15) is 17.6 Å². The number of nitrogens with zero attached hydrogens (tertiary/aromatic N) is 2. The minimum absolute atomic E-state index is 0.0177. The van der Waals surface area contributed by atoms with E-state index in [-0.39, 0.29) is 23.8 Å². The van der Waals surface area contributed by atoms with Gasteiger partial charge in [-0.05, 0) is 42.8 Å². The fourth-order valence-electron chi connectivity index (χ4n) is 2.63. The Hall–Kier alpha value is -2.69. The minimum Gasteiger partial charge on any atom is -0.356 e. The lowest BCUT2D eigenvalue weighted by Crippen LogP contribution is -2.31. The van der Waals surface area contributed by atoms with Crippen LogP contribution in [0.1, 0.15) is 17.8 Å². The molecule has 0 aliphatic heterocycles. The third-order valence-electron chi connectivity index (χ3n) is 4.19. The molecule has 0 saturated carbocycles. The summed E-state index contributed by atoms with van der Waals surface area (Å²) in [6, 6.07) is 8.31. The van der Waals surface area contributed by atoms with Gasteiger partial charge >= 0.3 is 0 Å². The molecule has 2 heterocycles. The topological polar surface area (TPSA) is 101 Å². The average Bonchev–Trinajstić information content (AvgIpc) is 3.21. The van der Waals surface area contributed by atoms with Crippen molar-refractivity contribution in [1.82, 2.24) is 20.0 Å². The normalized spacial score (nSPS) is 11.4. The number of nitrogens with one attached hydrogen (secondary N) is 2. The maximum absolute atomic E-state index is 12.9. The molecule has 0 spiro atoms. The molecule has 0 bridgehead atoms. The molecule has 10 heteroatoms. The van der Waals surface area contributed by atoms with Crippen LogP contribution in [0.2, 0.25) is 0 Å². The van der Waals surface area contributed by atoms with Crippen LogP contribution in [-0.4, -0.2) is 37.4 Å². The van der Waals surface area contributed by atoms with Crippen LogP contribution in [0, 0.1) is 5.82 Å². The van der Waals surface area contributed by atoms with E-state index in [2.05, 4.69) is 20.0 Å². The van der Waals surface area contributed by atoms with Gasteiger partial charge in [-0.3, -0.25) is 9.78 Å². The summed E-state index contributed by atoms with van der Waals surface area (Å²) in [5.41, 5.74) is 1.93. The summed E-state index contributed by atoms with van der Waals surface area (Å²) < 4.78 is 39.4. The van der Waals surface area contributed by atoms with Crippen molar-refractivity contribution in [1.29, 1.82) is 0 Å². The van der Waals surface area contributed by atoms with Gasteiger partial charge in [-0.25, -0.2) is 22.5 Å². The average molecular weight is 449 g/mol. The molecule has 1 aromatic carbocycles. The summed E-state index contributed by atoms with van der Waals surface area (Å²) >= 11 is 1.57. The van der Waals surface area contributed by atoms with Crippen molar-refractivity contribution in [3.63, 3.8) is 0 Å². The molecule has 7 nitrogen and oxygen atoms in total. The zero-order valence-corrected chi connectivity index (χ0v) is 17.7. The predicted octanol–water partition coefficient (Wildman–Crippen LogP) is 2.76. The number of hydrogen-bond donors (Lipinski definition) is 2. The van der Waals surface area contributed by atoms with Crippen LogP contribution in [0.4, 0.5) is 4.39 Å². The number of rotatable bonds is 10. The van der Waals surface area contributed by atoms with Gasteiger partial charge in [0, 0.05) is 49.3 Å². The van der Waals surface area contributed by atoms with Crippen molar-refractivity contribution in [2.75, 3.05) is 13.1 Å². The van der Waals surface area contributed by atoms with E-state index in [0.717, 1.165) is 41.2 Å². The first-order chi connectivity index (χ1) is 14.4. The summed E-state index contributed by atoms with van der Waals surface area (Å²) in [6.45, 7) is 0.445. The van der Waals surface area contributed by atoms with Crippen molar-refractivity contribution in [2.24, 2.45) is 0 Å². The highest BCUT2D eigenvalue weighted by atomic mass is 32.2. The molecule has 0 atom stereocenters. The summed E-state index contributed by atoms with van der Waals surface area (Å²) in [5.74, 6) is -0.756. The summed E-state index contributed by atoms with van der Waals surface area (Å²) in [7, 11) is -3.76. The lowest BCUT2D eigenvalue weighted by atomic mass is 10.2. The fourth-order valence-corrected chi connectivity index (χ4v) is 4.51. The Balaban J connectivity index is 1.34. The number of aromatic nitrogens is 2. The van der Waals surface area contributed by atoms with E-state index in [1.807, 2.05) is 17.5 Å². The van der Waals surface area contributed by atoms with Crippen molar-refractivity contribution < 1.29 is 17.6 Å². The van der Waals surface area contributed by atoms with Gasteiger partial charge in [-0.15, -0.1) is 11.3 Å². The third-order valence-corrected chi connectivity index (χ3v) is 6.57. The number of benzene rings is 1. The number of pyridine rings is 1. The van der Waals surface area contributed by atoms with Gasteiger partial charge in [-0.2, -0.15) is 0 Å². The predicted molar refractivity (Wildman–Crippen MR) is 113 cm³/mol. The Morgan fingerprint density at radius 2 is 1.80 bits per heavy atom. The van der Waals surface area contributed by atoms with Crippen molar-refractivity contribution in [2.45, 2.75) is 24.2 Å². The molecular formula is C20H21FN4O3S2. The van der Waals surface area contributed by atoms with Gasteiger partial charge in [0.05, 0.1) is 15.6 Å². The smallest absolute Gasteiger partial charge is 0.240 e. The number of amides is 1. The molecular weight excluding hydrogens is 427 g/mol. The monoisotopic (exact) mass is 448 g/mol. The highest BCUT2D eigenvalue weighted by Crippen LogP contribution is 2.21. The molecule has 158 valence electrons. The van der Waals surface area contributed by atoms with E-state index < -0.39 is 15.8 Å². The molecule has 0 unspecified atom stereocenters. The van der Waals surface area contributed by atoms with Gasteiger partial charge < -0.3 is 5.32 Å². The summed E-state index contributed by atoms with van der Waals surface area (Å²) in [4.78, 5) is 20.4. The lowest BCUT2D eigenvalue weighted by molar-refractivity contribution is -0.120. The molecule has 1 amide bonds. The van der Waals surface area contributed by atoms with Gasteiger partial charge in [0.15, 0.2) is 0 Å². The second-order valence-corrected chi connectivity index (χ2v) is 9.13. The second kappa shape index (κ2) is 10.4. The number of thiazole rings is 1. The molecule has 3 rings (SSSR count). The Bertz CT molecular complexity index is 1070. The van der Waals surface area contributed by atoms with E-state index in [0.29, 0.717) is 6.54 Å². The molecule has 0 fully saturated rings. The van der Waals surface area contributed by atoms with Gasteiger partial charge in [-0.1, -0.05) is 0 Å². The second-order valence-electron chi connectivity index (χ2n) is 6.42. The number of sulfonamides is 1. The van der Waals surface area contributed by atoms with E-state index in [1.165, 1.54) is 12.1 Å². The number of aryl methyl sites for hydroxylation is 1.